The van der Waals surface area contributed by atoms with E-state index in [0.717, 1.165) is 0 Å². The lowest BCUT2D eigenvalue weighted by Gasteiger charge is -2.15. The van der Waals surface area contributed by atoms with Gasteiger partial charge in [-0.2, -0.15) is 0 Å². The van der Waals surface area contributed by atoms with Crippen molar-refractivity contribution in [2.24, 2.45) is 17.6 Å². The van der Waals surface area contributed by atoms with Crippen molar-refractivity contribution < 1.29 is 9.59 Å². The van der Waals surface area contributed by atoms with Gasteiger partial charge in [-0.3, -0.25) is 9.59 Å². The maximum atomic E-state index is 11.8. The molecule has 0 spiro atoms. The van der Waals surface area contributed by atoms with Gasteiger partial charge in [0.15, 0.2) is 0 Å². The first-order valence-electron chi connectivity index (χ1n) is 6.78. The second-order valence-electron chi connectivity index (χ2n) is 5.48. The Morgan fingerprint density at radius 3 is 1.65 bits per heavy atom. The van der Waals surface area contributed by atoms with Gasteiger partial charge in [-0.15, -0.1) is 0 Å². The maximum Gasteiger partial charge on any atom is 0.241 e. The minimum absolute atomic E-state index is 0.0383. The van der Waals surface area contributed by atoms with Crippen LogP contribution in [0.3, 0.4) is 0 Å². The Morgan fingerprint density at radius 2 is 1.30 bits per heavy atom. The molecule has 5 nitrogen and oxygen atoms in total. The quantitative estimate of drug-likeness (QED) is 0.771. The molecule has 1 atom stereocenters. The summed E-state index contributed by atoms with van der Waals surface area (Å²) in [6.45, 7) is 7.46. The zero-order valence-electron chi connectivity index (χ0n) is 12.4. The molecule has 0 fully saturated rings. The van der Waals surface area contributed by atoms with E-state index < -0.39 is 6.04 Å². The molecule has 0 saturated carbocycles. The second-order valence-corrected chi connectivity index (χ2v) is 5.48. The number of nitrogens with two attached hydrogens (primary N) is 1. The lowest BCUT2D eigenvalue weighted by atomic mass is 10.0. The van der Waals surface area contributed by atoms with Crippen LogP contribution in [0, 0.1) is 11.8 Å². The summed E-state index contributed by atoms with van der Waals surface area (Å²) in [5.74, 6) is -0.236. The molecule has 0 radical (unpaired) electrons. The molecule has 20 heavy (non-hydrogen) atoms. The molecule has 4 N–H and O–H groups in total. The Balaban J connectivity index is 2.63. The van der Waals surface area contributed by atoms with Gasteiger partial charge in [0.25, 0.3) is 0 Å². The SMILES string of the molecule is CC(C)C(=O)Nc1ccc(NC(=O)[C@@H](N)C(C)C)cc1. The molecule has 2 amide bonds. The highest BCUT2D eigenvalue weighted by Crippen LogP contribution is 2.15. The van der Waals surface area contributed by atoms with Crippen LogP contribution in [0.1, 0.15) is 27.7 Å². The molecule has 110 valence electrons. The van der Waals surface area contributed by atoms with E-state index in [1.807, 2.05) is 27.7 Å². The monoisotopic (exact) mass is 277 g/mol. The molecule has 0 aliphatic carbocycles. The number of amides is 2. The minimum atomic E-state index is -0.532. The molecule has 0 bridgehead atoms. The topological polar surface area (TPSA) is 84.2 Å². The second kappa shape index (κ2) is 7.05. The van der Waals surface area contributed by atoms with E-state index >= 15 is 0 Å². The standard InChI is InChI=1S/C15H23N3O2/c1-9(2)13(16)15(20)18-12-7-5-11(6-8-12)17-14(19)10(3)4/h5-10,13H,16H2,1-4H3,(H,17,19)(H,18,20)/t13-/m0/s1. The van der Waals surface area contributed by atoms with Gasteiger partial charge in [-0.25, -0.2) is 0 Å². The van der Waals surface area contributed by atoms with Gasteiger partial charge in [0.05, 0.1) is 6.04 Å². The van der Waals surface area contributed by atoms with Crippen LogP contribution in [-0.4, -0.2) is 17.9 Å². The summed E-state index contributed by atoms with van der Waals surface area (Å²) in [4.78, 5) is 23.3. The smallest absolute Gasteiger partial charge is 0.241 e. The number of carbonyl (C=O) groups is 2. The van der Waals surface area contributed by atoms with Crippen LogP contribution < -0.4 is 16.4 Å². The molecule has 1 aromatic rings. The molecular weight excluding hydrogens is 254 g/mol. The molecule has 0 heterocycles. The van der Waals surface area contributed by atoms with Crippen LogP contribution in [0.4, 0.5) is 11.4 Å². The van der Waals surface area contributed by atoms with Crippen molar-refractivity contribution in [2.45, 2.75) is 33.7 Å². The van der Waals surface area contributed by atoms with Crippen molar-refractivity contribution in [2.75, 3.05) is 10.6 Å². The Morgan fingerprint density at radius 1 is 0.900 bits per heavy atom. The minimum Gasteiger partial charge on any atom is -0.326 e. The number of hydrogen-bond acceptors (Lipinski definition) is 3. The molecule has 5 heteroatoms. The molecule has 0 aliphatic rings. The highest BCUT2D eigenvalue weighted by molar-refractivity contribution is 5.95. The van der Waals surface area contributed by atoms with Crippen molar-refractivity contribution >= 4 is 23.2 Å². The first-order valence-corrected chi connectivity index (χ1v) is 6.78. The van der Waals surface area contributed by atoms with Crippen LogP contribution in [0.15, 0.2) is 24.3 Å². The molecule has 1 rings (SSSR count). The summed E-state index contributed by atoms with van der Waals surface area (Å²) in [5.41, 5.74) is 7.13. The maximum absolute atomic E-state index is 11.8. The number of anilines is 2. The molecule has 1 aromatic carbocycles. The lowest BCUT2D eigenvalue weighted by Crippen LogP contribution is -2.39. The van der Waals surface area contributed by atoms with Crippen LogP contribution in [0.5, 0.6) is 0 Å². The Bertz CT molecular complexity index is 467. The molecule has 0 saturated heterocycles. The van der Waals surface area contributed by atoms with E-state index in [-0.39, 0.29) is 23.7 Å². The highest BCUT2D eigenvalue weighted by Gasteiger charge is 2.17. The van der Waals surface area contributed by atoms with Crippen molar-refractivity contribution in [3.8, 4) is 0 Å². The fraction of sp³-hybridized carbons (Fsp3) is 0.467. The number of carbonyl (C=O) groups excluding carboxylic acids is 2. The summed E-state index contributed by atoms with van der Waals surface area (Å²) in [6, 6.07) is 6.44. The largest absolute Gasteiger partial charge is 0.326 e. The van der Waals surface area contributed by atoms with Crippen molar-refractivity contribution in [1.29, 1.82) is 0 Å². The van der Waals surface area contributed by atoms with Crippen LogP contribution >= 0.6 is 0 Å². The fourth-order valence-corrected chi connectivity index (χ4v) is 1.45. The van der Waals surface area contributed by atoms with E-state index in [2.05, 4.69) is 10.6 Å². The van der Waals surface area contributed by atoms with E-state index in [1.165, 1.54) is 0 Å². The van der Waals surface area contributed by atoms with Gasteiger partial charge in [0.2, 0.25) is 11.8 Å². The van der Waals surface area contributed by atoms with Crippen LogP contribution in [0.2, 0.25) is 0 Å². The zero-order chi connectivity index (χ0) is 15.3. The lowest BCUT2D eigenvalue weighted by molar-refractivity contribution is -0.119. The third-order valence-electron chi connectivity index (χ3n) is 2.97. The van der Waals surface area contributed by atoms with Gasteiger partial charge in [-0.05, 0) is 30.2 Å². The molecular formula is C15H23N3O2. The van der Waals surface area contributed by atoms with E-state index in [0.29, 0.717) is 11.4 Å². The van der Waals surface area contributed by atoms with Crippen LogP contribution in [0.25, 0.3) is 0 Å². The predicted molar refractivity (Wildman–Crippen MR) is 81.4 cm³/mol. The molecule has 0 aromatic heterocycles. The first-order chi connectivity index (χ1) is 9.31. The summed E-state index contributed by atoms with van der Waals surface area (Å²) in [7, 11) is 0. The van der Waals surface area contributed by atoms with Gasteiger partial charge < -0.3 is 16.4 Å². The van der Waals surface area contributed by atoms with Gasteiger partial charge in [0.1, 0.15) is 0 Å². The number of hydrogen-bond donors (Lipinski definition) is 3. The average Bonchev–Trinajstić information content (AvgIpc) is 2.39. The van der Waals surface area contributed by atoms with Gasteiger partial charge in [-0.1, -0.05) is 27.7 Å². The van der Waals surface area contributed by atoms with Crippen molar-refractivity contribution in [3.05, 3.63) is 24.3 Å². The summed E-state index contributed by atoms with van der Waals surface area (Å²) >= 11 is 0. The Kier molecular flexibility index (Phi) is 5.70. The molecule has 0 aliphatic heterocycles. The first kappa shape index (κ1) is 16.2. The normalized spacial score (nSPS) is 12.3. The Hall–Kier alpha value is -1.88. The summed E-state index contributed by atoms with van der Waals surface area (Å²) in [6.07, 6.45) is 0. The predicted octanol–water partition coefficient (Wildman–Crippen LogP) is 2.20. The third kappa shape index (κ3) is 4.66. The molecule has 0 unspecified atom stereocenters. The van der Waals surface area contributed by atoms with E-state index in [9.17, 15) is 9.59 Å². The number of benzene rings is 1. The Labute approximate surface area is 119 Å². The van der Waals surface area contributed by atoms with Crippen molar-refractivity contribution in [3.63, 3.8) is 0 Å². The van der Waals surface area contributed by atoms with Crippen molar-refractivity contribution in [1.82, 2.24) is 0 Å². The van der Waals surface area contributed by atoms with Gasteiger partial charge >= 0.3 is 0 Å². The number of nitrogens with one attached hydrogen (secondary N) is 2. The van der Waals surface area contributed by atoms with Gasteiger partial charge in [0, 0.05) is 17.3 Å². The summed E-state index contributed by atoms with van der Waals surface area (Å²) in [5, 5.41) is 5.54. The number of rotatable bonds is 5. The van der Waals surface area contributed by atoms with E-state index in [1.54, 1.807) is 24.3 Å². The third-order valence-corrected chi connectivity index (χ3v) is 2.97. The zero-order valence-corrected chi connectivity index (χ0v) is 12.4. The van der Waals surface area contributed by atoms with Crippen LogP contribution in [-0.2, 0) is 9.59 Å². The highest BCUT2D eigenvalue weighted by atomic mass is 16.2. The fourth-order valence-electron chi connectivity index (χ4n) is 1.45. The van der Waals surface area contributed by atoms with E-state index in [4.69, 9.17) is 5.73 Å². The average molecular weight is 277 g/mol. The summed E-state index contributed by atoms with van der Waals surface area (Å²) < 4.78 is 0.